The minimum absolute atomic E-state index is 0.0252. The maximum Gasteiger partial charge on any atom is 0.254 e. The second-order valence-corrected chi connectivity index (χ2v) is 9.73. The Balaban J connectivity index is 1.75. The van der Waals surface area contributed by atoms with Crippen molar-refractivity contribution in [3.8, 4) is 0 Å². The molecule has 0 saturated heterocycles. The van der Waals surface area contributed by atoms with Crippen LogP contribution in [-0.2, 0) is 17.9 Å². The summed E-state index contributed by atoms with van der Waals surface area (Å²) in [5.74, 6) is -0.138. The fourth-order valence-electron chi connectivity index (χ4n) is 3.85. The maximum absolute atomic E-state index is 13.5. The molecular weight excluding hydrogens is 490 g/mol. The molecule has 34 heavy (non-hydrogen) atoms. The lowest BCUT2D eigenvalue weighted by molar-refractivity contribution is -0.133. The van der Waals surface area contributed by atoms with Gasteiger partial charge in [-0.3, -0.25) is 9.59 Å². The predicted molar refractivity (Wildman–Crippen MR) is 141 cm³/mol. The fourth-order valence-corrected chi connectivity index (χ4v) is 4.12. The molecule has 1 heterocycles. The van der Waals surface area contributed by atoms with Crippen molar-refractivity contribution in [3.05, 3.63) is 94.2 Å². The molecule has 0 aliphatic rings. The number of amides is 2. The highest BCUT2D eigenvalue weighted by Gasteiger charge is 2.24. The number of hydrogen-bond donors (Lipinski definition) is 0. The third kappa shape index (κ3) is 7.07. The number of benzene rings is 2. The molecular formula is C28H34BrN3O2. The van der Waals surface area contributed by atoms with E-state index in [9.17, 15) is 9.59 Å². The molecule has 0 radical (unpaired) electrons. The van der Waals surface area contributed by atoms with E-state index in [2.05, 4.69) is 51.8 Å². The molecule has 3 aromatic rings. The Kier molecular flexibility index (Phi) is 9.52. The number of unbranched alkanes of at least 4 members (excludes halogenated alkanes) is 1. The minimum atomic E-state index is -0.113. The van der Waals surface area contributed by atoms with Crippen molar-refractivity contribution in [3.63, 3.8) is 0 Å². The quantitative estimate of drug-likeness (QED) is 0.310. The second kappa shape index (κ2) is 12.6. The molecule has 0 spiro atoms. The third-order valence-electron chi connectivity index (χ3n) is 5.89. The zero-order valence-corrected chi connectivity index (χ0v) is 21.9. The van der Waals surface area contributed by atoms with Crippen LogP contribution in [0.5, 0.6) is 0 Å². The van der Waals surface area contributed by atoms with Crippen LogP contribution in [0.4, 0.5) is 0 Å². The summed E-state index contributed by atoms with van der Waals surface area (Å²) in [5.41, 5.74) is 2.89. The van der Waals surface area contributed by atoms with Crippen LogP contribution in [-0.4, -0.2) is 45.3 Å². The maximum atomic E-state index is 13.5. The molecule has 0 atom stereocenters. The molecule has 0 fully saturated rings. The van der Waals surface area contributed by atoms with Gasteiger partial charge in [0.2, 0.25) is 5.91 Å². The number of halogens is 1. The summed E-state index contributed by atoms with van der Waals surface area (Å²) in [5, 5.41) is 0. The van der Waals surface area contributed by atoms with Crippen LogP contribution in [0, 0.1) is 0 Å². The first kappa shape index (κ1) is 25.8. The highest BCUT2D eigenvalue weighted by Crippen LogP contribution is 2.16. The third-order valence-corrected chi connectivity index (χ3v) is 6.42. The van der Waals surface area contributed by atoms with Gasteiger partial charge in [0.25, 0.3) is 5.91 Å². The first-order valence-electron chi connectivity index (χ1n) is 11.9. The van der Waals surface area contributed by atoms with Crippen LogP contribution in [0.3, 0.4) is 0 Å². The highest BCUT2D eigenvalue weighted by molar-refractivity contribution is 9.10. The van der Waals surface area contributed by atoms with Gasteiger partial charge in [-0.1, -0.05) is 59.6 Å². The zero-order valence-electron chi connectivity index (χ0n) is 20.3. The van der Waals surface area contributed by atoms with Crippen molar-refractivity contribution < 1.29 is 9.59 Å². The van der Waals surface area contributed by atoms with Gasteiger partial charge in [0.15, 0.2) is 0 Å². The van der Waals surface area contributed by atoms with E-state index >= 15 is 0 Å². The Morgan fingerprint density at radius 2 is 1.68 bits per heavy atom. The average Bonchev–Trinajstić information content (AvgIpc) is 3.27. The number of hydrogen-bond acceptors (Lipinski definition) is 2. The predicted octanol–water partition coefficient (Wildman–Crippen LogP) is 5.98. The minimum Gasteiger partial charge on any atom is -0.345 e. The van der Waals surface area contributed by atoms with E-state index in [0.29, 0.717) is 18.7 Å². The topological polar surface area (TPSA) is 45.6 Å². The molecule has 180 valence electrons. The normalized spacial score (nSPS) is 11.0. The van der Waals surface area contributed by atoms with Crippen LogP contribution in [0.15, 0.2) is 77.4 Å². The van der Waals surface area contributed by atoms with Gasteiger partial charge in [0.1, 0.15) is 6.54 Å². The van der Waals surface area contributed by atoms with Crippen LogP contribution in [0.1, 0.15) is 55.2 Å². The average molecular weight is 525 g/mol. The number of carbonyl (C=O) groups excluding carboxylic acids is 2. The number of carbonyl (C=O) groups is 2. The van der Waals surface area contributed by atoms with E-state index < -0.39 is 0 Å². The summed E-state index contributed by atoms with van der Waals surface area (Å²) < 4.78 is 3.24. The lowest BCUT2D eigenvalue weighted by atomic mass is 10.1. The van der Waals surface area contributed by atoms with E-state index in [1.54, 1.807) is 17.0 Å². The van der Waals surface area contributed by atoms with Gasteiger partial charge in [0, 0.05) is 41.1 Å². The Hall–Kier alpha value is -2.86. The van der Waals surface area contributed by atoms with Gasteiger partial charge in [-0.2, -0.15) is 0 Å². The Labute approximate surface area is 211 Å². The first-order valence-corrected chi connectivity index (χ1v) is 12.7. The van der Waals surface area contributed by atoms with Crippen LogP contribution >= 0.6 is 15.9 Å². The summed E-state index contributed by atoms with van der Waals surface area (Å²) in [6, 6.07) is 21.5. The summed E-state index contributed by atoms with van der Waals surface area (Å²) in [7, 11) is 0. The van der Waals surface area contributed by atoms with Crippen LogP contribution in [0.2, 0.25) is 0 Å². The number of rotatable bonds is 11. The van der Waals surface area contributed by atoms with Gasteiger partial charge in [-0.15, -0.1) is 0 Å². The van der Waals surface area contributed by atoms with Gasteiger partial charge in [0.05, 0.1) is 6.54 Å². The fraction of sp³-hybridized carbons (Fsp3) is 0.357. The Morgan fingerprint density at radius 3 is 2.32 bits per heavy atom. The SMILES string of the molecule is CCCCN(Cc1cccn1Cc1ccc(Br)cc1)C(=O)CN(C(=O)c1ccccc1)C(C)C. The molecule has 5 nitrogen and oxygen atoms in total. The molecule has 0 bridgehead atoms. The summed E-state index contributed by atoms with van der Waals surface area (Å²) >= 11 is 3.49. The first-order chi connectivity index (χ1) is 16.4. The lowest BCUT2D eigenvalue weighted by Gasteiger charge is -2.30. The molecule has 0 unspecified atom stereocenters. The highest BCUT2D eigenvalue weighted by atomic mass is 79.9. The molecule has 3 rings (SSSR count). The molecule has 0 aliphatic heterocycles. The van der Waals surface area contributed by atoms with Crippen molar-refractivity contribution in [2.75, 3.05) is 13.1 Å². The molecule has 0 saturated carbocycles. The van der Waals surface area contributed by atoms with E-state index in [1.807, 2.05) is 55.1 Å². The molecule has 0 N–H and O–H groups in total. The Morgan fingerprint density at radius 1 is 0.971 bits per heavy atom. The van der Waals surface area contributed by atoms with Crippen molar-refractivity contribution in [1.29, 1.82) is 0 Å². The van der Waals surface area contributed by atoms with E-state index in [1.165, 1.54) is 5.56 Å². The van der Waals surface area contributed by atoms with E-state index in [0.717, 1.165) is 29.6 Å². The monoisotopic (exact) mass is 523 g/mol. The summed E-state index contributed by atoms with van der Waals surface area (Å²) in [4.78, 5) is 30.1. The molecule has 0 aliphatic carbocycles. The largest absolute Gasteiger partial charge is 0.345 e. The van der Waals surface area contributed by atoms with Gasteiger partial charge < -0.3 is 14.4 Å². The zero-order chi connectivity index (χ0) is 24.5. The lowest BCUT2D eigenvalue weighted by Crippen LogP contribution is -2.46. The van der Waals surface area contributed by atoms with Gasteiger partial charge in [-0.25, -0.2) is 0 Å². The molecule has 6 heteroatoms. The van der Waals surface area contributed by atoms with Crippen molar-refractivity contribution in [2.24, 2.45) is 0 Å². The van der Waals surface area contributed by atoms with Gasteiger partial charge in [-0.05, 0) is 62.2 Å². The van der Waals surface area contributed by atoms with E-state index in [-0.39, 0.29) is 24.4 Å². The van der Waals surface area contributed by atoms with Gasteiger partial charge >= 0.3 is 0 Å². The van der Waals surface area contributed by atoms with Crippen molar-refractivity contribution >= 4 is 27.7 Å². The van der Waals surface area contributed by atoms with Crippen molar-refractivity contribution in [1.82, 2.24) is 14.4 Å². The van der Waals surface area contributed by atoms with E-state index in [4.69, 9.17) is 0 Å². The molecule has 2 aromatic carbocycles. The summed E-state index contributed by atoms with van der Waals surface area (Å²) in [6.07, 6.45) is 3.98. The molecule has 2 amide bonds. The number of nitrogens with zero attached hydrogens (tertiary/aromatic N) is 3. The Bertz CT molecular complexity index is 1060. The molecule has 1 aromatic heterocycles. The van der Waals surface area contributed by atoms with Crippen LogP contribution < -0.4 is 0 Å². The smallest absolute Gasteiger partial charge is 0.254 e. The van der Waals surface area contributed by atoms with Crippen LogP contribution in [0.25, 0.3) is 0 Å². The number of aromatic nitrogens is 1. The summed E-state index contributed by atoms with van der Waals surface area (Å²) in [6.45, 7) is 8.04. The second-order valence-electron chi connectivity index (χ2n) is 8.82. The standard InChI is InChI=1S/C28H34BrN3O2/c1-4-5-17-31(20-26-12-9-18-30(26)19-23-13-15-25(29)16-14-23)27(33)21-32(22(2)3)28(34)24-10-7-6-8-11-24/h6-16,18,22H,4-5,17,19-21H2,1-3H3. The van der Waals surface area contributed by atoms with Crippen molar-refractivity contribution in [2.45, 2.75) is 52.7 Å².